The van der Waals surface area contributed by atoms with Crippen molar-refractivity contribution in [3.63, 3.8) is 0 Å². The number of benzene rings is 1. The Labute approximate surface area is 123 Å². The number of nitrogens with zero attached hydrogens (tertiary/aromatic N) is 1. The van der Waals surface area contributed by atoms with Crippen molar-refractivity contribution >= 4 is 33.5 Å². The van der Waals surface area contributed by atoms with E-state index < -0.39 is 16.2 Å². The highest BCUT2D eigenvalue weighted by Gasteiger charge is 2.11. The van der Waals surface area contributed by atoms with Crippen LogP contribution in [0, 0.1) is 0 Å². The van der Waals surface area contributed by atoms with E-state index in [-0.39, 0.29) is 13.1 Å². The van der Waals surface area contributed by atoms with Gasteiger partial charge in [-0.1, -0.05) is 11.6 Å². The number of amides is 2. The van der Waals surface area contributed by atoms with Gasteiger partial charge in [0.25, 0.3) is 10.2 Å². The number of anilines is 1. The van der Waals surface area contributed by atoms with Crippen LogP contribution < -0.4 is 15.4 Å². The number of hydrogen-bond acceptors (Lipinski definition) is 3. The van der Waals surface area contributed by atoms with E-state index in [4.69, 9.17) is 11.6 Å². The maximum atomic E-state index is 11.5. The number of carbonyl (C=O) groups excluding carboxylic acids is 1. The van der Waals surface area contributed by atoms with E-state index >= 15 is 0 Å². The summed E-state index contributed by atoms with van der Waals surface area (Å²) in [6.07, 6.45) is 0. The smallest absolute Gasteiger partial charge is 0.319 e. The van der Waals surface area contributed by atoms with Crippen LogP contribution in [0.1, 0.15) is 0 Å². The maximum Gasteiger partial charge on any atom is 0.319 e. The topological polar surface area (TPSA) is 90.5 Å². The molecule has 0 aliphatic heterocycles. The van der Waals surface area contributed by atoms with Crippen molar-refractivity contribution in [2.75, 3.05) is 32.5 Å². The molecule has 0 saturated heterocycles. The van der Waals surface area contributed by atoms with E-state index in [0.717, 1.165) is 4.31 Å². The third-order valence-electron chi connectivity index (χ3n) is 2.28. The van der Waals surface area contributed by atoms with Crippen LogP contribution in [0.25, 0.3) is 0 Å². The van der Waals surface area contributed by atoms with Crippen LogP contribution in [0.2, 0.25) is 5.02 Å². The molecule has 2 amide bonds. The van der Waals surface area contributed by atoms with Crippen LogP contribution >= 0.6 is 11.6 Å². The number of urea groups is 1. The first-order valence-corrected chi connectivity index (χ1v) is 7.60. The first-order valence-electron chi connectivity index (χ1n) is 5.79. The highest BCUT2D eigenvalue weighted by Crippen LogP contribution is 2.12. The monoisotopic (exact) mass is 320 g/mol. The number of carbonyl (C=O) groups is 1. The van der Waals surface area contributed by atoms with Crippen LogP contribution in [0.15, 0.2) is 24.3 Å². The van der Waals surface area contributed by atoms with Gasteiger partial charge >= 0.3 is 6.03 Å². The molecule has 1 aromatic rings. The molecule has 0 aliphatic carbocycles. The summed E-state index contributed by atoms with van der Waals surface area (Å²) in [7, 11) is -0.624. The van der Waals surface area contributed by atoms with Crippen LogP contribution in [-0.4, -0.2) is 45.9 Å². The molecule has 0 spiro atoms. The average molecular weight is 321 g/mol. The van der Waals surface area contributed by atoms with E-state index in [1.165, 1.54) is 14.1 Å². The summed E-state index contributed by atoms with van der Waals surface area (Å²) in [5.74, 6) is 0. The molecule has 20 heavy (non-hydrogen) atoms. The van der Waals surface area contributed by atoms with Gasteiger partial charge in [-0.05, 0) is 24.3 Å². The van der Waals surface area contributed by atoms with Crippen molar-refractivity contribution in [3.05, 3.63) is 29.3 Å². The molecular weight excluding hydrogens is 304 g/mol. The summed E-state index contributed by atoms with van der Waals surface area (Å²) in [6, 6.07) is 6.22. The molecule has 1 rings (SSSR count). The van der Waals surface area contributed by atoms with Crippen molar-refractivity contribution in [1.82, 2.24) is 14.3 Å². The lowest BCUT2D eigenvalue weighted by Gasteiger charge is -2.12. The molecule has 0 bridgehead atoms. The number of halogens is 1. The van der Waals surface area contributed by atoms with Gasteiger partial charge in [-0.3, -0.25) is 0 Å². The van der Waals surface area contributed by atoms with Gasteiger partial charge in [0, 0.05) is 37.9 Å². The third-order valence-corrected chi connectivity index (χ3v) is 4.06. The molecule has 0 heterocycles. The highest BCUT2D eigenvalue weighted by atomic mass is 35.5. The Kier molecular flexibility index (Phi) is 6.21. The van der Waals surface area contributed by atoms with Gasteiger partial charge < -0.3 is 10.6 Å². The predicted molar refractivity (Wildman–Crippen MR) is 79.1 cm³/mol. The lowest BCUT2D eigenvalue weighted by molar-refractivity contribution is 0.252. The third kappa shape index (κ3) is 5.74. The molecule has 0 radical (unpaired) electrons. The first-order chi connectivity index (χ1) is 9.31. The molecule has 0 aromatic heterocycles. The van der Waals surface area contributed by atoms with E-state index in [0.29, 0.717) is 10.7 Å². The van der Waals surface area contributed by atoms with Gasteiger partial charge in [-0.15, -0.1) is 0 Å². The van der Waals surface area contributed by atoms with Crippen LogP contribution in [0.3, 0.4) is 0 Å². The lowest BCUT2D eigenvalue weighted by Crippen LogP contribution is -2.41. The zero-order valence-electron chi connectivity index (χ0n) is 11.2. The second kappa shape index (κ2) is 7.44. The number of nitrogens with one attached hydrogen (secondary N) is 3. The molecule has 3 N–H and O–H groups in total. The Morgan fingerprint density at radius 3 is 2.35 bits per heavy atom. The lowest BCUT2D eigenvalue weighted by atomic mass is 10.3. The first kappa shape index (κ1) is 16.7. The largest absolute Gasteiger partial charge is 0.337 e. The van der Waals surface area contributed by atoms with Crippen LogP contribution in [0.4, 0.5) is 10.5 Å². The van der Waals surface area contributed by atoms with E-state index in [1.807, 2.05) is 0 Å². The van der Waals surface area contributed by atoms with E-state index in [9.17, 15) is 13.2 Å². The van der Waals surface area contributed by atoms with Crippen molar-refractivity contribution in [2.24, 2.45) is 0 Å². The zero-order valence-corrected chi connectivity index (χ0v) is 12.8. The van der Waals surface area contributed by atoms with Gasteiger partial charge in [0.2, 0.25) is 0 Å². The van der Waals surface area contributed by atoms with Crippen molar-refractivity contribution in [3.8, 4) is 0 Å². The fourth-order valence-electron chi connectivity index (χ4n) is 1.19. The van der Waals surface area contributed by atoms with Gasteiger partial charge in [0.05, 0.1) is 0 Å². The van der Waals surface area contributed by atoms with Crippen molar-refractivity contribution in [1.29, 1.82) is 0 Å². The molecule has 0 atom stereocenters. The minimum absolute atomic E-state index is 0.106. The summed E-state index contributed by atoms with van der Waals surface area (Å²) < 4.78 is 26.1. The summed E-state index contributed by atoms with van der Waals surface area (Å²) >= 11 is 5.72. The van der Waals surface area contributed by atoms with Gasteiger partial charge in [0.15, 0.2) is 0 Å². The Hall–Kier alpha value is -1.35. The Morgan fingerprint density at radius 1 is 1.20 bits per heavy atom. The number of hydrogen-bond donors (Lipinski definition) is 3. The second-order valence-corrected chi connectivity index (χ2v) is 6.48. The summed E-state index contributed by atoms with van der Waals surface area (Å²) in [5, 5.41) is 5.70. The summed E-state index contributed by atoms with van der Waals surface area (Å²) in [5.41, 5.74) is 0.598. The normalized spacial score (nSPS) is 11.4. The Balaban J connectivity index is 2.29. The Morgan fingerprint density at radius 2 is 1.80 bits per heavy atom. The molecule has 0 aliphatic rings. The fourth-order valence-corrected chi connectivity index (χ4v) is 1.94. The molecule has 9 heteroatoms. The molecule has 0 unspecified atom stereocenters. The van der Waals surface area contributed by atoms with E-state index in [2.05, 4.69) is 15.4 Å². The Bertz CT molecular complexity index is 545. The SMILES string of the molecule is CN(C)S(=O)(=O)NCCNC(=O)Nc1ccc(Cl)cc1. The summed E-state index contributed by atoms with van der Waals surface area (Å²) in [6.45, 7) is 0.279. The minimum Gasteiger partial charge on any atom is -0.337 e. The van der Waals surface area contributed by atoms with Crippen LogP contribution in [-0.2, 0) is 10.2 Å². The van der Waals surface area contributed by atoms with Gasteiger partial charge in [-0.2, -0.15) is 12.7 Å². The number of rotatable bonds is 6. The highest BCUT2D eigenvalue weighted by molar-refractivity contribution is 7.87. The van der Waals surface area contributed by atoms with Crippen LogP contribution in [0.5, 0.6) is 0 Å². The predicted octanol–water partition coefficient (Wildman–Crippen LogP) is 0.857. The zero-order chi connectivity index (χ0) is 15.2. The quantitative estimate of drug-likeness (QED) is 0.679. The molecule has 0 saturated carbocycles. The molecule has 0 fully saturated rings. The van der Waals surface area contributed by atoms with Crippen molar-refractivity contribution in [2.45, 2.75) is 0 Å². The molecule has 112 valence electrons. The average Bonchev–Trinajstić information content (AvgIpc) is 2.37. The van der Waals surface area contributed by atoms with Gasteiger partial charge in [-0.25, -0.2) is 9.52 Å². The van der Waals surface area contributed by atoms with E-state index in [1.54, 1.807) is 24.3 Å². The summed E-state index contributed by atoms with van der Waals surface area (Å²) in [4.78, 5) is 11.5. The van der Waals surface area contributed by atoms with Crippen molar-refractivity contribution < 1.29 is 13.2 Å². The second-order valence-electron chi connectivity index (χ2n) is 4.07. The molecule has 1 aromatic carbocycles. The fraction of sp³-hybridized carbons (Fsp3) is 0.364. The molecular formula is C11H17ClN4O3S. The van der Waals surface area contributed by atoms with Gasteiger partial charge in [0.1, 0.15) is 0 Å². The standard InChI is InChI=1S/C11H17ClN4O3S/c1-16(2)20(18,19)14-8-7-13-11(17)15-10-5-3-9(12)4-6-10/h3-6,14H,7-8H2,1-2H3,(H2,13,15,17). The minimum atomic E-state index is -3.46. The maximum absolute atomic E-state index is 11.5. The molecule has 7 nitrogen and oxygen atoms in total.